The number of fused-ring (bicyclic) bond motifs is 2. The Morgan fingerprint density at radius 1 is 0.617 bits per heavy atom. The summed E-state index contributed by atoms with van der Waals surface area (Å²) in [4.78, 5) is 9.70. The van der Waals surface area contributed by atoms with Crippen molar-refractivity contribution in [3.05, 3.63) is 136 Å². The van der Waals surface area contributed by atoms with Crippen LogP contribution in [0.1, 0.15) is 65.6 Å². The van der Waals surface area contributed by atoms with Crippen molar-refractivity contribution in [2.45, 2.75) is 74.7 Å². The summed E-state index contributed by atoms with van der Waals surface area (Å²) >= 11 is 9.89. The van der Waals surface area contributed by atoms with E-state index in [4.69, 9.17) is 21.6 Å². The number of rotatable bonds is 4. The first-order valence-corrected chi connectivity index (χ1v) is 25.7. The average molecular weight is 807 g/mol. The molecule has 47 heavy (non-hydrogen) atoms. The standard InChI is InChI=1S/C21H23N.C18H16ClN.C3H7.HI.Zn/c1-5-7-17-8-6-9-19-21(17)16(4)13-20(22-19)18-11-14(2)10-15(3)12-18;1-11-7-12(2)9-14(8-11)17-10-13(3)18-15(19)5-4-6-16(18)20-17;1-3-2;;/h6,8-13H,5,7H2,1-4H3;4-10H,1-3H3;1,3H2,2H3;1H;/q;;-1;;+2/p-1. The molecule has 4 aromatic carbocycles. The second-order valence-corrected chi connectivity index (χ2v) is 12.5. The molecule has 2 heterocycles. The molecule has 5 heteroatoms. The Labute approximate surface area is 308 Å². The zero-order valence-corrected chi connectivity index (χ0v) is 35.1. The SMILES string of the molecule is CCCc1cccc2nc(-c3cc(C)cc(C)c3)cc(C)c12.Cc1cc(C)cc(-c2cc(C)c3c(Cl)cccc3n2)c1.[CH2-]CC.[Zn+][I]. The van der Waals surface area contributed by atoms with Crippen LogP contribution in [0.5, 0.6) is 0 Å². The van der Waals surface area contributed by atoms with Crippen molar-refractivity contribution in [2.75, 3.05) is 0 Å². The first-order valence-electron chi connectivity index (χ1n) is 16.2. The number of hydrogen-bond acceptors (Lipinski definition) is 2. The van der Waals surface area contributed by atoms with E-state index in [9.17, 15) is 0 Å². The Kier molecular flexibility index (Phi) is 15.5. The molecule has 0 spiro atoms. The molecule has 240 valence electrons. The summed E-state index contributed by atoms with van der Waals surface area (Å²) in [7, 11) is 0. The summed E-state index contributed by atoms with van der Waals surface area (Å²) in [6.07, 6.45) is 3.28. The topological polar surface area (TPSA) is 25.8 Å². The van der Waals surface area contributed by atoms with Gasteiger partial charge in [-0.1, -0.05) is 84.5 Å². The van der Waals surface area contributed by atoms with Gasteiger partial charge in [0, 0.05) is 21.9 Å². The van der Waals surface area contributed by atoms with Crippen LogP contribution in [0.25, 0.3) is 44.3 Å². The predicted molar refractivity (Wildman–Crippen MR) is 211 cm³/mol. The van der Waals surface area contributed by atoms with E-state index in [1.807, 2.05) is 25.1 Å². The number of halogens is 2. The van der Waals surface area contributed by atoms with Crippen LogP contribution in [0, 0.1) is 48.5 Å². The van der Waals surface area contributed by atoms with Crippen molar-refractivity contribution in [3.8, 4) is 22.5 Å². The summed E-state index contributed by atoms with van der Waals surface area (Å²) in [6.45, 7) is 20.5. The Bertz CT molecular complexity index is 1910. The molecule has 2 nitrogen and oxygen atoms in total. The van der Waals surface area contributed by atoms with Crippen LogP contribution in [-0.4, -0.2) is 9.97 Å². The Morgan fingerprint density at radius 2 is 1.02 bits per heavy atom. The van der Waals surface area contributed by atoms with Crippen molar-refractivity contribution < 1.29 is 14.8 Å². The molecule has 0 atom stereocenters. The van der Waals surface area contributed by atoms with Gasteiger partial charge in [-0.05, 0) is 119 Å². The van der Waals surface area contributed by atoms with Crippen LogP contribution in [0.3, 0.4) is 0 Å². The van der Waals surface area contributed by atoms with E-state index in [1.165, 1.54) is 59.1 Å². The molecule has 6 rings (SSSR count). The van der Waals surface area contributed by atoms with Crippen molar-refractivity contribution in [3.63, 3.8) is 0 Å². The fraction of sp³-hybridized carbons (Fsp3) is 0.262. The summed E-state index contributed by atoms with van der Waals surface area (Å²) in [6, 6.07) is 29.9. The van der Waals surface area contributed by atoms with E-state index in [0.29, 0.717) is 0 Å². The van der Waals surface area contributed by atoms with E-state index in [1.54, 1.807) is 0 Å². The molecular formula is C42H46ClIN2Zn. The first-order chi connectivity index (χ1) is 22.5. The molecule has 0 saturated carbocycles. The second-order valence-electron chi connectivity index (χ2n) is 12.1. The van der Waals surface area contributed by atoms with E-state index < -0.39 is 0 Å². The van der Waals surface area contributed by atoms with Gasteiger partial charge in [-0.2, -0.15) is 6.42 Å². The van der Waals surface area contributed by atoms with Crippen LogP contribution in [0.4, 0.5) is 0 Å². The van der Waals surface area contributed by atoms with E-state index >= 15 is 0 Å². The normalized spacial score (nSPS) is 10.4. The third kappa shape index (κ3) is 10.4. The van der Waals surface area contributed by atoms with Crippen molar-refractivity contribution in [1.82, 2.24) is 9.97 Å². The first kappa shape index (κ1) is 38.8. The van der Waals surface area contributed by atoms with Crippen LogP contribution in [0.15, 0.2) is 84.9 Å². The van der Waals surface area contributed by atoms with Crippen LogP contribution in [-0.2, 0) is 21.2 Å². The van der Waals surface area contributed by atoms with Gasteiger partial charge >= 0.3 is 34.5 Å². The van der Waals surface area contributed by atoms with Crippen molar-refractivity contribution in [2.24, 2.45) is 0 Å². The van der Waals surface area contributed by atoms with Gasteiger partial charge in [0.05, 0.1) is 27.4 Å². The van der Waals surface area contributed by atoms with Gasteiger partial charge in [-0.25, -0.2) is 9.97 Å². The molecule has 6 aromatic rings. The van der Waals surface area contributed by atoms with Gasteiger partial charge in [-0.15, -0.1) is 0 Å². The van der Waals surface area contributed by atoms with E-state index in [2.05, 4.69) is 142 Å². The monoisotopic (exact) mass is 804 g/mol. The van der Waals surface area contributed by atoms with Crippen LogP contribution in [0.2, 0.25) is 5.02 Å². The summed E-state index contributed by atoms with van der Waals surface area (Å²) in [5, 5.41) is 3.14. The molecule has 0 aliphatic carbocycles. The van der Waals surface area contributed by atoms with Gasteiger partial charge in [0.15, 0.2) is 0 Å². The van der Waals surface area contributed by atoms with Crippen LogP contribution < -0.4 is 0 Å². The number of pyridine rings is 2. The summed E-state index contributed by atoms with van der Waals surface area (Å²) in [5.41, 5.74) is 15.5. The molecule has 0 N–H and O–H groups in total. The van der Waals surface area contributed by atoms with E-state index in [0.717, 1.165) is 63.2 Å². The molecule has 2 aromatic heterocycles. The number of aryl methyl sites for hydroxylation is 7. The number of benzene rings is 4. The van der Waals surface area contributed by atoms with Gasteiger partial charge < -0.3 is 6.92 Å². The maximum atomic E-state index is 6.27. The minimum atomic E-state index is 0.763. The van der Waals surface area contributed by atoms with Gasteiger partial charge in [0.25, 0.3) is 0 Å². The summed E-state index contributed by atoms with van der Waals surface area (Å²) < 4.78 is 0. The van der Waals surface area contributed by atoms with E-state index in [-0.39, 0.29) is 0 Å². The second kappa shape index (κ2) is 18.8. The van der Waals surface area contributed by atoms with Crippen molar-refractivity contribution >= 4 is 53.2 Å². The molecule has 0 saturated heterocycles. The molecule has 0 bridgehead atoms. The fourth-order valence-electron chi connectivity index (χ4n) is 6.03. The summed E-state index contributed by atoms with van der Waals surface area (Å²) in [5.74, 6) is 0. The zero-order valence-electron chi connectivity index (χ0n) is 29.3. The van der Waals surface area contributed by atoms with Crippen LogP contribution >= 0.6 is 31.4 Å². The average Bonchev–Trinajstić information content (AvgIpc) is 3.02. The number of hydrogen-bond donors (Lipinski definition) is 0. The quantitative estimate of drug-likeness (QED) is 0.101. The molecule has 0 aliphatic heterocycles. The fourth-order valence-corrected chi connectivity index (χ4v) is 6.35. The third-order valence-corrected chi connectivity index (χ3v) is 7.97. The molecule has 0 radical (unpaired) electrons. The minimum absolute atomic E-state index is 0.763. The molecule has 0 unspecified atom stereocenters. The molecule has 0 amide bonds. The van der Waals surface area contributed by atoms with Gasteiger partial charge in [-0.3, -0.25) is 0 Å². The Morgan fingerprint density at radius 3 is 1.47 bits per heavy atom. The van der Waals surface area contributed by atoms with Gasteiger partial charge in [0.1, 0.15) is 0 Å². The predicted octanol–water partition coefficient (Wildman–Crippen LogP) is 13.4. The maximum absolute atomic E-state index is 6.27. The van der Waals surface area contributed by atoms with Gasteiger partial charge in [0.2, 0.25) is 0 Å². The Hall–Kier alpha value is -2.66. The number of aromatic nitrogens is 2. The zero-order chi connectivity index (χ0) is 34.7. The Balaban J connectivity index is 0.000000226. The third-order valence-electron chi connectivity index (χ3n) is 7.65. The number of nitrogens with zero attached hydrogens (tertiary/aromatic N) is 2. The molecule has 0 aliphatic rings. The van der Waals surface area contributed by atoms with Crippen molar-refractivity contribution in [1.29, 1.82) is 0 Å². The molecular weight excluding hydrogens is 760 g/mol. The molecule has 0 fully saturated rings.